The van der Waals surface area contributed by atoms with Crippen molar-refractivity contribution in [3.8, 4) is 17.2 Å². The Morgan fingerprint density at radius 3 is 2.46 bits per heavy atom. The van der Waals surface area contributed by atoms with Gasteiger partial charge in [0.25, 0.3) is 0 Å². The number of hydrogen-bond acceptors (Lipinski definition) is 4. The van der Waals surface area contributed by atoms with Gasteiger partial charge in [0.05, 0.1) is 18.5 Å². The molecule has 0 spiro atoms. The number of nitrogens with one attached hydrogen (secondary N) is 1. The number of para-hydroxylation sites is 1. The van der Waals surface area contributed by atoms with Gasteiger partial charge < -0.3 is 14.8 Å². The molecular formula is C21H23F2N3O2. The first-order chi connectivity index (χ1) is 13.5. The first kappa shape index (κ1) is 19.8. The first-order valence-corrected chi connectivity index (χ1v) is 8.92. The maximum Gasteiger partial charge on any atom is 0.387 e. The van der Waals surface area contributed by atoms with Crippen LogP contribution in [0, 0.1) is 13.8 Å². The summed E-state index contributed by atoms with van der Waals surface area (Å²) in [5.74, 6) is 0.306. The van der Waals surface area contributed by atoms with Crippen LogP contribution in [0.3, 0.4) is 0 Å². The van der Waals surface area contributed by atoms with Gasteiger partial charge >= 0.3 is 6.61 Å². The Morgan fingerprint density at radius 1 is 1.04 bits per heavy atom. The number of rotatable bonds is 8. The number of methoxy groups -OCH3 is 1. The molecule has 148 valence electrons. The maximum atomic E-state index is 12.4. The quantitative estimate of drug-likeness (QED) is 0.623. The zero-order valence-electron chi connectivity index (χ0n) is 16.1. The molecule has 3 rings (SSSR count). The third-order valence-electron chi connectivity index (χ3n) is 4.52. The summed E-state index contributed by atoms with van der Waals surface area (Å²) in [6, 6.07) is 14.9. The fraction of sp³-hybridized carbons (Fsp3) is 0.286. The monoisotopic (exact) mass is 387 g/mol. The van der Waals surface area contributed by atoms with E-state index < -0.39 is 6.61 Å². The van der Waals surface area contributed by atoms with E-state index >= 15 is 0 Å². The van der Waals surface area contributed by atoms with Gasteiger partial charge in [0, 0.05) is 24.3 Å². The first-order valence-electron chi connectivity index (χ1n) is 8.92. The Labute approximate surface area is 162 Å². The number of aryl methyl sites for hydroxylation is 1. The second kappa shape index (κ2) is 8.84. The lowest BCUT2D eigenvalue weighted by atomic mass is 10.1. The number of nitrogens with zero attached hydrogens (tertiary/aromatic N) is 2. The van der Waals surface area contributed by atoms with Gasteiger partial charge in [-0.15, -0.1) is 0 Å². The van der Waals surface area contributed by atoms with E-state index in [1.807, 2.05) is 48.9 Å². The van der Waals surface area contributed by atoms with Crippen molar-refractivity contribution in [3.63, 3.8) is 0 Å². The minimum atomic E-state index is -2.88. The van der Waals surface area contributed by atoms with E-state index in [4.69, 9.17) is 4.74 Å². The zero-order chi connectivity index (χ0) is 20.1. The molecule has 0 atom stereocenters. The molecule has 0 radical (unpaired) electrons. The van der Waals surface area contributed by atoms with Crippen LogP contribution >= 0.6 is 0 Å². The van der Waals surface area contributed by atoms with Crippen molar-refractivity contribution in [1.29, 1.82) is 0 Å². The van der Waals surface area contributed by atoms with Crippen LogP contribution in [0.5, 0.6) is 11.5 Å². The molecular weight excluding hydrogens is 364 g/mol. The van der Waals surface area contributed by atoms with Crippen LogP contribution in [-0.2, 0) is 13.1 Å². The molecule has 2 aromatic carbocycles. The van der Waals surface area contributed by atoms with E-state index in [-0.39, 0.29) is 11.5 Å². The summed E-state index contributed by atoms with van der Waals surface area (Å²) in [6.07, 6.45) is 0. The zero-order valence-corrected chi connectivity index (χ0v) is 16.1. The smallest absolute Gasteiger partial charge is 0.387 e. The average Bonchev–Trinajstić information content (AvgIpc) is 2.97. The van der Waals surface area contributed by atoms with Crippen LogP contribution in [0.1, 0.15) is 22.5 Å². The van der Waals surface area contributed by atoms with Crippen molar-refractivity contribution in [1.82, 2.24) is 15.1 Å². The lowest BCUT2D eigenvalue weighted by Crippen LogP contribution is -2.14. The van der Waals surface area contributed by atoms with E-state index in [1.165, 1.54) is 13.2 Å². The Morgan fingerprint density at radius 2 is 1.79 bits per heavy atom. The highest BCUT2D eigenvalue weighted by atomic mass is 19.3. The summed E-state index contributed by atoms with van der Waals surface area (Å²) in [4.78, 5) is 0. The van der Waals surface area contributed by atoms with Gasteiger partial charge in [0.15, 0.2) is 11.5 Å². The average molecular weight is 387 g/mol. The number of halogens is 2. The van der Waals surface area contributed by atoms with E-state index in [9.17, 15) is 8.78 Å². The molecule has 1 N–H and O–H groups in total. The normalized spacial score (nSPS) is 11.1. The molecule has 0 saturated carbocycles. The van der Waals surface area contributed by atoms with E-state index in [1.54, 1.807) is 12.1 Å². The topological polar surface area (TPSA) is 48.3 Å². The van der Waals surface area contributed by atoms with Crippen molar-refractivity contribution < 1.29 is 18.3 Å². The molecule has 0 aliphatic rings. The summed E-state index contributed by atoms with van der Waals surface area (Å²) in [5, 5.41) is 8.02. The Kier molecular flexibility index (Phi) is 6.26. The van der Waals surface area contributed by atoms with Crippen LogP contribution in [0.25, 0.3) is 5.69 Å². The van der Waals surface area contributed by atoms with Crippen LogP contribution in [0.2, 0.25) is 0 Å². The summed E-state index contributed by atoms with van der Waals surface area (Å²) in [6.45, 7) is 2.35. The minimum absolute atomic E-state index is 0.0251. The molecule has 0 bridgehead atoms. The molecule has 0 amide bonds. The largest absolute Gasteiger partial charge is 0.493 e. The molecule has 7 heteroatoms. The summed E-state index contributed by atoms with van der Waals surface area (Å²) >= 11 is 0. The highest BCUT2D eigenvalue weighted by Crippen LogP contribution is 2.29. The number of alkyl halides is 2. The predicted molar refractivity (Wildman–Crippen MR) is 103 cm³/mol. The van der Waals surface area contributed by atoms with Gasteiger partial charge in [-0.25, -0.2) is 4.68 Å². The van der Waals surface area contributed by atoms with E-state index in [0.29, 0.717) is 13.1 Å². The predicted octanol–water partition coefficient (Wildman–Crippen LogP) is 4.39. The third kappa shape index (κ3) is 4.48. The lowest BCUT2D eigenvalue weighted by molar-refractivity contribution is -0.0512. The van der Waals surface area contributed by atoms with Gasteiger partial charge in [-0.1, -0.05) is 24.3 Å². The van der Waals surface area contributed by atoms with Crippen molar-refractivity contribution >= 4 is 0 Å². The fourth-order valence-electron chi connectivity index (χ4n) is 3.10. The Balaban J connectivity index is 1.68. The summed E-state index contributed by atoms with van der Waals surface area (Å²) < 4.78 is 36.4. The standard InChI is InChI=1S/C21H23F2N3O2/c1-14-18(15(2)26(25-14)17-7-5-4-6-8-17)13-24-12-16-9-10-19(28-21(22)23)20(11-16)27-3/h4-11,21,24H,12-13H2,1-3H3. The molecule has 28 heavy (non-hydrogen) atoms. The van der Waals surface area contributed by atoms with Gasteiger partial charge in [0.2, 0.25) is 0 Å². The minimum Gasteiger partial charge on any atom is -0.493 e. The molecule has 1 heterocycles. The fourth-order valence-corrected chi connectivity index (χ4v) is 3.10. The third-order valence-corrected chi connectivity index (χ3v) is 4.52. The lowest BCUT2D eigenvalue weighted by Gasteiger charge is -2.12. The maximum absolute atomic E-state index is 12.4. The number of benzene rings is 2. The molecule has 5 nitrogen and oxygen atoms in total. The molecule has 0 saturated heterocycles. The Bertz CT molecular complexity index is 927. The van der Waals surface area contributed by atoms with Gasteiger partial charge in [-0.2, -0.15) is 13.9 Å². The molecule has 0 unspecified atom stereocenters. The van der Waals surface area contributed by atoms with Gasteiger partial charge in [-0.05, 0) is 43.7 Å². The molecule has 0 aliphatic carbocycles. The molecule has 0 fully saturated rings. The van der Waals surface area contributed by atoms with Crippen molar-refractivity contribution in [2.75, 3.05) is 7.11 Å². The van der Waals surface area contributed by atoms with Gasteiger partial charge in [-0.3, -0.25) is 0 Å². The van der Waals surface area contributed by atoms with Crippen molar-refractivity contribution in [2.45, 2.75) is 33.5 Å². The summed E-state index contributed by atoms with van der Waals surface area (Å²) in [7, 11) is 1.43. The summed E-state index contributed by atoms with van der Waals surface area (Å²) in [5.41, 5.74) is 5.10. The highest BCUT2D eigenvalue weighted by molar-refractivity contribution is 5.43. The molecule has 1 aromatic heterocycles. The number of aromatic nitrogens is 2. The Hall–Kier alpha value is -2.93. The van der Waals surface area contributed by atoms with Crippen LogP contribution < -0.4 is 14.8 Å². The SMILES string of the molecule is COc1cc(CNCc2c(C)nn(-c3ccccc3)c2C)ccc1OC(F)F. The van der Waals surface area contributed by atoms with Crippen molar-refractivity contribution in [2.24, 2.45) is 0 Å². The number of ether oxygens (including phenoxy) is 2. The van der Waals surface area contributed by atoms with Gasteiger partial charge in [0.1, 0.15) is 0 Å². The molecule has 0 aliphatic heterocycles. The second-order valence-electron chi connectivity index (χ2n) is 6.36. The second-order valence-corrected chi connectivity index (χ2v) is 6.36. The van der Waals surface area contributed by atoms with E-state index in [2.05, 4.69) is 15.2 Å². The van der Waals surface area contributed by atoms with Crippen LogP contribution in [0.15, 0.2) is 48.5 Å². The molecule has 3 aromatic rings. The van der Waals surface area contributed by atoms with E-state index in [0.717, 1.165) is 28.2 Å². The van der Waals surface area contributed by atoms with Crippen LogP contribution in [-0.4, -0.2) is 23.5 Å². The number of hydrogen-bond donors (Lipinski definition) is 1. The van der Waals surface area contributed by atoms with Crippen molar-refractivity contribution in [3.05, 3.63) is 71.0 Å². The highest BCUT2D eigenvalue weighted by Gasteiger charge is 2.13. The van der Waals surface area contributed by atoms with Crippen LogP contribution in [0.4, 0.5) is 8.78 Å².